The molecule has 5 nitrogen and oxygen atoms in total. The van der Waals surface area contributed by atoms with Crippen LogP contribution in [0.15, 0.2) is 84.9 Å². The first-order chi connectivity index (χ1) is 18.1. The summed E-state index contributed by atoms with van der Waals surface area (Å²) in [5.41, 5.74) is 4.49. The number of fused-ring (bicyclic) bond motifs is 4. The van der Waals surface area contributed by atoms with Gasteiger partial charge in [-0.25, -0.2) is 0 Å². The summed E-state index contributed by atoms with van der Waals surface area (Å²) in [6.45, 7) is -1.12. The molecule has 7 heteroatoms. The van der Waals surface area contributed by atoms with Crippen molar-refractivity contribution in [2.24, 2.45) is 0 Å². The highest BCUT2D eigenvalue weighted by Crippen LogP contribution is 2.33. The molecule has 0 amide bonds. The average Bonchev–Trinajstić information content (AvgIpc) is 3.25. The van der Waals surface area contributed by atoms with Crippen LogP contribution in [0.5, 0.6) is 11.5 Å². The molecule has 0 saturated heterocycles. The highest BCUT2D eigenvalue weighted by atomic mass is 19.3. The molecule has 37 heavy (non-hydrogen) atoms. The standard InChI is InChI=1S/C30H24F2N2O3/c31-30(32)37-21-10-8-19(9-11-21)18-36-22-12-13-27-26(16-22)24-14-15-33-17-28(24)34(27)29(35)25-7-3-5-20-4-1-2-6-23(20)25/h1-13,16,30,33H,14-15,17-18H2. The van der Waals surface area contributed by atoms with E-state index in [4.69, 9.17) is 4.74 Å². The van der Waals surface area contributed by atoms with Gasteiger partial charge in [-0.1, -0.05) is 48.5 Å². The van der Waals surface area contributed by atoms with Crippen molar-refractivity contribution in [3.8, 4) is 11.5 Å². The van der Waals surface area contributed by atoms with E-state index in [1.807, 2.05) is 65.2 Å². The number of aromatic nitrogens is 1. The molecule has 5 aromatic rings. The number of benzene rings is 4. The van der Waals surface area contributed by atoms with Crippen LogP contribution < -0.4 is 14.8 Å². The van der Waals surface area contributed by atoms with E-state index in [9.17, 15) is 13.6 Å². The molecule has 0 aliphatic carbocycles. The predicted molar refractivity (Wildman–Crippen MR) is 138 cm³/mol. The van der Waals surface area contributed by atoms with Gasteiger partial charge in [0.2, 0.25) is 0 Å². The van der Waals surface area contributed by atoms with Crippen LogP contribution in [0.25, 0.3) is 21.7 Å². The number of carbonyl (C=O) groups excluding carboxylic acids is 1. The predicted octanol–water partition coefficient (Wildman–Crippen LogP) is 6.31. The van der Waals surface area contributed by atoms with E-state index in [0.29, 0.717) is 17.9 Å². The van der Waals surface area contributed by atoms with Crippen molar-refractivity contribution < 1.29 is 23.0 Å². The lowest BCUT2D eigenvalue weighted by Gasteiger charge is -2.17. The number of nitrogens with zero attached hydrogens (tertiary/aromatic N) is 1. The third-order valence-electron chi connectivity index (χ3n) is 6.77. The van der Waals surface area contributed by atoms with Gasteiger partial charge in [0.15, 0.2) is 0 Å². The summed E-state index contributed by atoms with van der Waals surface area (Å²) in [6, 6.07) is 25.9. The van der Waals surface area contributed by atoms with E-state index in [1.165, 1.54) is 12.1 Å². The number of carbonyl (C=O) groups is 1. The molecule has 0 atom stereocenters. The Morgan fingerprint density at radius 2 is 1.70 bits per heavy atom. The minimum atomic E-state index is -2.85. The monoisotopic (exact) mass is 498 g/mol. The summed E-state index contributed by atoms with van der Waals surface area (Å²) in [7, 11) is 0. The third-order valence-corrected chi connectivity index (χ3v) is 6.77. The molecule has 2 heterocycles. The second-order valence-electron chi connectivity index (χ2n) is 9.01. The summed E-state index contributed by atoms with van der Waals surface area (Å²) < 4.78 is 37.0. The zero-order chi connectivity index (χ0) is 25.4. The largest absolute Gasteiger partial charge is 0.489 e. The maximum absolute atomic E-state index is 13.9. The summed E-state index contributed by atoms with van der Waals surface area (Å²) in [5.74, 6) is 0.737. The Labute approximate surface area is 212 Å². The fraction of sp³-hybridized carbons (Fsp3) is 0.167. The smallest absolute Gasteiger partial charge is 0.387 e. The zero-order valence-electron chi connectivity index (χ0n) is 19.9. The second kappa shape index (κ2) is 9.67. The van der Waals surface area contributed by atoms with Crippen molar-refractivity contribution in [3.63, 3.8) is 0 Å². The molecular formula is C30H24F2N2O3. The topological polar surface area (TPSA) is 52.5 Å². The van der Waals surface area contributed by atoms with Crippen LogP contribution >= 0.6 is 0 Å². The molecule has 0 bridgehead atoms. The molecule has 0 saturated carbocycles. The molecule has 6 rings (SSSR count). The highest BCUT2D eigenvalue weighted by Gasteiger charge is 2.25. The van der Waals surface area contributed by atoms with Gasteiger partial charge < -0.3 is 14.8 Å². The molecule has 1 aliphatic rings. The van der Waals surface area contributed by atoms with Crippen LogP contribution in [-0.4, -0.2) is 23.6 Å². The Morgan fingerprint density at radius 1 is 0.919 bits per heavy atom. The Bertz CT molecular complexity index is 1600. The van der Waals surface area contributed by atoms with E-state index in [2.05, 4.69) is 10.1 Å². The number of hydrogen-bond acceptors (Lipinski definition) is 4. The number of halogens is 2. The van der Waals surface area contributed by atoms with Crippen LogP contribution in [0.1, 0.15) is 27.2 Å². The van der Waals surface area contributed by atoms with Crippen molar-refractivity contribution in [3.05, 3.63) is 107 Å². The van der Waals surface area contributed by atoms with Gasteiger partial charge in [-0.3, -0.25) is 9.36 Å². The number of nitrogens with one attached hydrogen (secondary N) is 1. The maximum Gasteiger partial charge on any atom is 0.387 e. The molecule has 0 radical (unpaired) electrons. The second-order valence-corrected chi connectivity index (χ2v) is 9.01. The van der Waals surface area contributed by atoms with Gasteiger partial charge in [-0.05, 0) is 71.3 Å². The van der Waals surface area contributed by atoms with E-state index in [1.54, 1.807) is 12.1 Å². The lowest BCUT2D eigenvalue weighted by molar-refractivity contribution is -0.0498. The zero-order valence-corrected chi connectivity index (χ0v) is 19.9. The summed E-state index contributed by atoms with van der Waals surface area (Å²) >= 11 is 0. The number of rotatable bonds is 6. The Morgan fingerprint density at radius 3 is 2.54 bits per heavy atom. The fourth-order valence-corrected chi connectivity index (χ4v) is 5.06. The molecule has 1 N–H and O–H groups in total. The first-order valence-electron chi connectivity index (χ1n) is 12.1. The first kappa shape index (κ1) is 23.2. The van der Waals surface area contributed by atoms with Gasteiger partial charge >= 0.3 is 6.61 Å². The van der Waals surface area contributed by atoms with Crippen LogP contribution in [0.3, 0.4) is 0 Å². The van der Waals surface area contributed by atoms with E-state index in [0.717, 1.165) is 51.5 Å². The Hall–Kier alpha value is -4.23. The summed E-state index contributed by atoms with van der Waals surface area (Å²) in [6.07, 6.45) is 0.816. The van der Waals surface area contributed by atoms with Gasteiger partial charge in [-0.15, -0.1) is 0 Å². The number of alkyl halides is 2. The van der Waals surface area contributed by atoms with Crippen molar-refractivity contribution in [2.45, 2.75) is 26.2 Å². The normalized spacial score (nSPS) is 13.2. The lowest BCUT2D eigenvalue weighted by atomic mass is 10.0. The molecule has 1 aliphatic heterocycles. The molecule has 186 valence electrons. The van der Waals surface area contributed by atoms with Gasteiger partial charge in [-0.2, -0.15) is 8.78 Å². The first-order valence-corrected chi connectivity index (χ1v) is 12.1. The van der Waals surface area contributed by atoms with E-state index in [-0.39, 0.29) is 18.3 Å². The molecular weight excluding hydrogens is 474 g/mol. The Balaban J connectivity index is 1.33. The lowest BCUT2D eigenvalue weighted by Crippen LogP contribution is -2.27. The van der Waals surface area contributed by atoms with Crippen LogP contribution in [0.4, 0.5) is 8.78 Å². The molecule has 1 aromatic heterocycles. The van der Waals surface area contributed by atoms with Gasteiger partial charge in [0.25, 0.3) is 5.91 Å². The summed E-state index contributed by atoms with van der Waals surface area (Å²) in [5, 5.41) is 6.36. The maximum atomic E-state index is 13.9. The van der Waals surface area contributed by atoms with Crippen molar-refractivity contribution in [1.82, 2.24) is 9.88 Å². The number of hydrogen-bond donors (Lipinski definition) is 1. The molecule has 4 aromatic carbocycles. The SMILES string of the molecule is O=C(c1cccc2ccccc12)n1c2c(c3cc(OCc4ccc(OC(F)F)cc4)ccc31)CCNC2. The fourth-order valence-electron chi connectivity index (χ4n) is 5.06. The van der Waals surface area contributed by atoms with E-state index >= 15 is 0 Å². The van der Waals surface area contributed by atoms with Crippen LogP contribution in [0.2, 0.25) is 0 Å². The molecule has 0 fully saturated rings. The van der Waals surface area contributed by atoms with Gasteiger partial charge in [0.05, 0.1) is 5.52 Å². The van der Waals surface area contributed by atoms with Crippen molar-refractivity contribution >= 4 is 27.6 Å². The molecule has 0 unspecified atom stereocenters. The highest BCUT2D eigenvalue weighted by molar-refractivity contribution is 6.11. The van der Waals surface area contributed by atoms with Crippen LogP contribution in [-0.2, 0) is 19.6 Å². The van der Waals surface area contributed by atoms with Gasteiger partial charge in [0, 0.05) is 23.2 Å². The van der Waals surface area contributed by atoms with Gasteiger partial charge in [0.1, 0.15) is 18.1 Å². The Kier molecular flexibility index (Phi) is 6.06. The number of ether oxygens (including phenoxy) is 2. The van der Waals surface area contributed by atoms with Crippen molar-refractivity contribution in [1.29, 1.82) is 0 Å². The van der Waals surface area contributed by atoms with Crippen LogP contribution in [0, 0.1) is 0 Å². The summed E-state index contributed by atoms with van der Waals surface area (Å²) in [4.78, 5) is 13.9. The van der Waals surface area contributed by atoms with E-state index < -0.39 is 6.61 Å². The van der Waals surface area contributed by atoms with Crippen molar-refractivity contribution in [2.75, 3.05) is 6.54 Å². The average molecular weight is 499 g/mol. The minimum absolute atomic E-state index is 0.0495. The third kappa shape index (κ3) is 4.42. The quantitative estimate of drug-likeness (QED) is 0.298. The minimum Gasteiger partial charge on any atom is -0.489 e. The molecule has 0 spiro atoms.